The smallest absolute Gasteiger partial charge is 0.223 e. The van der Waals surface area contributed by atoms with Crippen LogP contribution in [0.1, 0.15) is 49.1 Å². The van der Waals surface area contributed by atoms with Crippen LogP contribution in [0.25, 0.3) is 0 Å². The third kappa shape index (κ3) is 2.59. The summed E-state index contributed by atoms with van der Waals surface area (Å²) in [4.78, 5) is 12.5. The molecular formula is C18H24N2O. The minimum absolute atomic E-state index is 0.207. The van der Waals surface area contributed by atoms with Crippen molar-refractivity contribution in [2.45, 2.75) is 63.1 Å². The Morgan fingerprint density at radius 3 is 2.57 bits per heavy atom. The monoisotopic (exact) mass is 284 g/mol. The van der Waals surface area contributed by atoms with Crippen LogP contribution in [-0.2, 0) is 4.79 Å². The minimum atomic E-state index is 0.207. The lowest BCUT2D eigenvalue weighted by Gasteiger charge is -2.29. The van der Waals surface area contributed by atoms with E-state index < -0.39 is 0 Å². The Morgan fingerprint density at radius 1 is 1.14 bits per heavy atom. The van der Waals surface area contributed by atoms with Gasteiger partial charge in [0.2, 0.25) is 5.91 Å². The van der Waals surface area contributed by atoms with Crippen molar-refractivity contribution in [2.24, 2.45) is 5.92 Å². The molecule has 2 saturated heterocycles. The minimum Gasteiger partial charge on any atom is -0.353 e. The topological polar surface area (TPSA) is 41.1 Å². The number of rotatable bonds is 3. The Balaban J connectivity index is 1.36. The third-order valence-corrected chi connectivity index (χ3v) is 5.53. The van der Waals surface area contributed by atoms with E-state index in [1.165, 1.54) is 24.0 Å². The van der Waals surface area contributed by atoms with Crippen LogP contribution in [0, 0.1) is 12.8 Å². The van der Waals surface area contributed by atoms with Crippen LogP contribution in [0.4, 0.5) is 0 Å². The number of aryl methyl sites for hydroxylation is 1. The average Bonchev–Trinajstić information content (AvgIpc) is 3.19. The molecule has 4 unspecified atom stereocenters. The van der Waals surface area contributed by atoms with E-state index >= 15 is 0 Å². The van der Waals surface area contributed by atoms with Crippen molar-refractivity contribution in [3.63, 3.8) is 0 Å². The summed E-state index contributed by atoms with van der Waals surface area (Å²) in [5.74, 6) is 0.942. The second-order valence-electron chi connectivity index (χ2n) is 7.12. The van der Waals surface area contributed by atoms with Crippen LogP contribution in [0.5, 0.6) is 0 Å². The first kappa shape index (κ1) is 13.3. The van der Waals surface area contributed by atoms with Crippen molar-refractivity contribution in [3.05, 3.63) is 35.4 Å². The highest BCUT2D eigenvalue weighted by Gasteiger charge is 2.45. The molecule has 112 valence electrons. The summed E-state index contributed by atoms with van der Waals surface area (Å²) in [6, 6.07) is 10.2. The SMILES string of the molecule is Cc1ccccc1C1CC1C(=O)NC1CC2CCC(C1)N2. The molecule has 1 aromatic rings. The normalized spacial score (nSPS) is 37.3. The molecular weight excluding hydrogens is 260 g/mol. The molecule has 1 saturated carbocycles. The second kappa shape index (κ2) is 5.13. The standard InChI is InChI=1S/C18H24N2O/c1-11-4-2-3-5-15(11)16-10-17(16)18(21)20-14-8-12-6-7-13(9-14)19-12/h2-5,12-14,16-17,19H,6-10H2,1H3,(H,20,21). The van der Waals surface area contributed by atoms with Gasteiger partial charge in [0.05, 0.1) is 0 Å². The summed E-state index contributed by atoms with van der Waals surface area (Å²) in [5, 5.41) is 6.95. The molecule has 3 fully saturated rings. The zero-order chi connectivity index (χ0) is 14.4. The lowest BCUT2D eigenvalue weighted by molar-refractivity contribution is -0.123. The maximum Gasteiger partial charge on any atom is 0.223 e. The summed E-state index contributed by atoms with van der Waals surface area (Å²) in [5.41, 5.74) is 2.68. The summed E-state index contributed by atoms with van der Waals surface area (Å²) in [6.45, 7) is 2.15. The Morgan fingerprint density at radius 2 is 1.86 bits per heavy atom. The van der Waals surface area contributed by atoms with Crippen LogP contribution in [0.15, 0.2) is 24.3 Å². The molecule has 0 radical (unpaired) electrons. The van der Waals surface area contributed by atoms with Gasteiger partial charge in [-0.1, -0.05) is 24.3 Å². The molecule has 2 aliphatic heterocycles. The fourth-order valence-electron chi connectivity index (χ4n) is 4.31. The van der Waals surface area contributed by atoms with Crippen molar-refractivity contribution in [3.8, 4) is 0 Å². The van der Waals surface area contributed by atoms with Gasteiger partial charge >= 0.3 is 0 Å². The fourth-order valence-corrected chi connectivity index (χ4v) is 4.31. The second-order valence-corrected chi connectivity index (χ2v) is 7.12. The molecule has 0 aromatic heterocycles. The summed E-state index contributed by atoms with van der Waals surface area (Å²) < 4.78 is 0. The van der Waals surface area contributed by atoms with Gasteiger partial charge in [0.25, 0.3) is 0 Å². The molecule has 2 N–H and O–H groups in total. The molecule has 1 aromatic carbocycles. The fraction of sp³-hybridized carbons (Fsp3) is 0.611. The van der Waals surface area contributed by atoms with Crippen LogP contribution in [-0.4, -0.2) is 24.0 Å². The molecule has 21 heavy (non-hydrogen) atoms. The van der Waals surface area contributed by atoms with Crippen LogP contribution < -0.4 is 10.6 Å². The maximum absolute atomic E-state index is 12.5. The molecule has 2 heterocycles. The van der Waals surface area contributed by atoms with Gasteiger partial charge in [0.1, 0.15) is 0 Å². The quantitative estimate of drug-likeness (QED) is 0.895. The van der Waals surface area contributed by atoms with E-state index in [1.54, 1.807) is 0 Å². The van der Waals surface area contributed by atoms with Gasteiger partial charge in [0.15, 0.2) is 0 Å². The zero-order valence-electron chi connectivity index (χ0n) is 12.6. The number of amides is 1. The Bertz CT molecular complexity index is 544. The number of nitrogens with one attached hydrogen (secondary N) is 2. The number of hydrogen-bond donors (Lipinski definition) is 2. The third-order valence-electron chi connectivity index (χ3n) is 5.53. The van der Waals surface area contributed by atoms with Gasteiger partial charge in [0, 0.05) is 24.0 Å². The predicted octanol–water partition coefficient (Wildman–Crippen LogP) is 2.50. The predicted molar refractivity (Wildman–Crippen MR) is 83.1 cm³/mol. The summed E-state index contributed by atoms with van der Waals surface area (Å²) >= 11 is 0. The van der Waals surface area contributed by atoms with Crippen molar-refractivity contribution in [2.75, 3.05) is 0 Å². The van der Waals surface area contributed by atoms with Crippen LogP contribution in [0.2, 0.25) is 0 Å². The summed E-state index contributed by atoms with van der Waals surface area (Å²) in [7, 11) is 0. The number of fused-ring (bicyclic) bond motifs is 2. The highest BCUT2D eigenvalue weighted by molar-refractivity contribution is 5.83. The van der Waals surface area contributed by atoms with Gasteiger partial charge < -0.3 is 10.6 Å². The van der Waals surface area contributed by atoms with Crippen molar-refractivity contribution in [1.82, 2.24) is 10.6 Å². The molecule has 3 heteroatoms. The molecule has 4 atom stereocenters. The Kier molecular flexibility index (Phi) is 3.26. The van der Waals surface area contributed by atoms with Crippen LogP contribution >= 0.6 is 0 Å². The lowest BCUT2D eigenvalue weighted by Crippen LogP contribution is -2.48. The molecule has 0 spiro atoms. The Hall–Kier alpha value is -1.35. The maximum atomic E-state index is 12.5. The molecule has 1 aliphatic carbocycles. The molecule has 4 rings (SSSR count). The molecule has 3 nitrogen and oxygen atoms in total. The molecule has 2 bridgehead atoms. The van der Waals surface area contributed by atoms with E-state index in [4.69, 9.17) is 0 Å². The van der Waals surface area contributed by atoms with Gasteiger partial charge in [-0.25, -0.2) is 0 Å². The van der Waals surface area contributed by atoms with E-state index in [9.17, 15) is 4.79 Å². The van der Waals surface area contributed by atoms with E-state index in [2.05, 4.69) is 41.8 Å². The lowest BCUT2D eigenvalue weighted by atomic mass is 9.99. The average molecular weight is 284 g/mol. The first-order valence-corrected chi connectivity index (χ1v) is 8.32. The zero-order valence-corrected chi connectivity index (χ0v) is 12.6. The van der Waals surface area contributed by atoms with E-state index in [0.29, 0.717) is 24.0 Å². The largest absolute Gasteiger partial charge is 0.353 e. The van der Waals surface area contributed by atoms with Gasteiger partial charge in [-0.2, -0.15) is 0 Å². The van der Waals surface area contributed by atoms with E-state index in [-0.39, 0.29) is 11.8 Å². The van der Waals surface area contributed by atoms with Crippen molar-refractivity contribution < 1.29 is 4.79 Å². The van der Waals surface area contributed by atoms with Gasteiger partial charge in [-0.15, -0.1) is 0 Å². The van der Waals surface area contributed by atoms with Gasteiger partial charge in [-0.05, 0) is 56.1 Å². The van der Waals surface area contributed by atoms with Crippen LogP contribution in [0.3, 0.4) is 0 Å². The number of carbonyl (C=O) groups is 1. The van der Waals surface area contributed by atoms with E-state index in [1.807, 2.05) is 0 Å². The highest BCUT2D eigenvalue weighted by Crippen LogP contribution is 2.48. The summed E-state index contributed by atoms with van der Waals surface area (Å²) in [6.07, 6.45) is 5.82. The molecule has 1 amide bonds. The number of piperidine rings is 1. The number of hydrogen-bond acceptors (Lipinski definition) is 2. The first-order chi connectivity index (χ1) is 10.2. The van der Waals surface area contributed by atoms with Crippen molar-refractivity contribution in [1.29, 1.82) is 0 Å². The highest BCUT2D eigenvalue weighted by atomic mass is 16.2. The van der Waals surface area contributed by atoms with E-state index in [0.717, 1.165) is 19.3 Å². The van der Waals surface area contributed by atoms with Gasteiger partial charge in [-0.3, -0.25) is 4.79 Å². The molecule has 3 aliphatic rings. The first-order valence-electron chi connectivity index (χ1n) is 8.32. The number of benzene rings is 1. The van der Waals surface area contributed by atoms with Crippen molar-refractivity contribution >= 4 is 5.91 Å². The Labute approximate surface area is 126 Å². The number of carbonyl (C=O) groups excluding carboxylic acids is 1.